The third-order valence-corrected chi connectivity index (χ3v) is 3.71. The van der Waals surface area contributed by atoms with Crippen molar-refractivity contribution in [3.05, 3.63) is 34.1 Å². The maximum atomic E-state index is 13.7. The number of nitro groups is 1. The summed E-state index contributed by atoms with van der Waals surface area (Å²) in [6.07, 6.45) is 2.03. The standard InChI is InChI=1S/C13H16FN3O3/c1-2-13(7-4-8-15-13)12(18)16-11-9(14)5-3-6-10(11)17(19)20/h3,5-6,15H,2,4,7-8H2,1H3,(H,16,18). The van der Waals surface area contributed by atoms with E-state index in [1.54, 1.807) is 0 Å². The van der Waals surface area contributed by atoms with Crippen molar-refractivity contribution in [2.24, 2.45) is 0 Å². The molecule has 1 saturated heterocycles. The first-order valence-electron chi connectivity index (χ1n) is 6.49. The SMILES string of the molecule is CCC1(C(=O)Nc2c(F)cccc2[N+](=O)[O-])CCCN1. The van der Waals surface area contributed by atoms with Crippen molar-refractivity contribution in [2.45, 2.75) is 31.7 Å². The molecule has 2 rings (SSSR count). The Hall–Kier alpha value is -2.02. The van der Waals surface area contributed by atoms with Gasteiger partial charge in [-0.05, 0) is 31.9 Å². The Bertz CT molecular complexity index is 542. The van der Waals surface area contributed by atoms with Crippen molar-refractivity contribution in [1.82, 2.24) is 5.32 Å². The molecule has 1 unspecified atom stereocenters. The van der Waals surface area contributed by atoms with Crippen LogP contribution in [0.3, 0.4) is 0 Å². The fourth-order valence-electron chi connectivity index (χ4n) is 2.48. The highest BCUT2D eigenvalue weighted by atomic mass is 19.1. The Balaban J connectivity index is 2.30. The van der Waals surface area contributed by atoms with Gasteiger partial charge in [-0.25, -0.2) is 4.39 Å². The number of carbonyl (C=O) groups is 1. The number of nitrogens with one attached hydrogen (secondary N) is 2. The highest BCUT2D eigenvalue weighted by Gasteiger charge is 2.40. The molecule has 0 bridgehead atoms. The Kier molecular flexibility index (Phi) is 3.99. The summed E-state index contributed by atoms with van der Waals surface area (Å²) < 4.78 is 13.7. The molecule has 1 heterocycles. The number of hydrogen-bond donors (Lipinski definition) is 2. The van der Waals surface area contributed by atoms with Crippen LogP contribution in [0.25, 0.3) is 0 Å². The van der Waals surface area contributed by atoms with Gasteiger partial charge in [0.25, 0.3) is 5.69 Å². The molecule has 1 fully saturated rings. The van der Waals surface area contributed by atoms with Gasteiger partial charge < -0.3 is 10.6 Å². The van der Waals surface area contributed by atoms with Gasteiger partial charge in [-0.3, -0.25) is 14.9 Å². The minimum Gasteiger partial charge on any atom is -0.316 e. The Morgan fingerprint density at radius 2 is 2.35 bits per heavy atom. The van der Waals surface area contributed by atoms with E-state index in [0.29, 0.717) is 19.4 Å². The van der Waals surface area contributed by atoms with E-state index in [1.165, 1.54) is 12.1 Å². The fraction of sp³-hybridized carbons (Fsp3) is 0.462. The summed E-state index contributed by atoms with van der Waals surface area (Å²) in [6, 6.07) is 3.50. The molecule has 0 aliphatic carbocycles. The quantitative estimate of drug-likeness (QED) is 0.654. The molecule has 1 aliphatic rings. The van der Waals surface area contributed by atoms with Crippen molar-refractivity contribution in [2.75, 3.05) is 11.9 Å². The number of para-hydroxylation sites is 1. The van der Waals surface area contributed by atoms with Gasteiger partial charge in [0.15, 0.2) is 11.5 Å². The number of hydrogen-bond acceptors (Lipinski definition) is 4. The molecule has 1 aromatic carbocycles. The van der Waals surface area contributed by atoms with E-state index in [-0.39, 0.29) is 5.69 Å². The minimum atomic E-state index is -0.809. The molecule has 0 saturated carbocycles. The van der Waals surface area contributed by atoms with Crippen LogP contribution < -0.4 is 10.6 Å². The zero-order valence-electron chi connectivity index (χ0n) is 11.1. The van der Waals surface area contributed by atoms with E-state index >= 15 is 0 Å². The van der Waals surface area contributed by atoms with Gasteiger partial charge >= 0.3 is 0 Å². The first-order valence-corrected chi connectivity index (χ1v) is 6.49. The van der Waals surface area contributed by atoms with E-state index in [2.05, 4.69) is 10.6 Å². The molecular weight excluding hydrogens is 265 g/mol. The average molecular weight is 281 g/mol. The third-order valence-electron chi connectivity index (χ3n) is 3.71. The van der Waals surface area contributed by atoms with Crippen molar-refractivity contribution in [3.8, 4) is 0 Å². The van der Waals surface area contributed by atoms with Crippen LogP contribution in [-0.2, 0) is 4.79 Å². The summed E-state index contributed by atoms with van der Waals surface area (Å²) in [4.78, 5) is 22.5. The van der Waals surface area contributed by atoms with E-state index < -0.39 is 27.9 Å². The molecule has 20 heavy (non-hydrogen) atoms. The number of nitro benzene ring substituents is 1. The number of benzene rings is 1. The van der Waals surface area contributed by atoms with Crippen LogP contribution in [0.15, 0.2) is 18.2 Å². The highest BCUT2D eigenvalue weighted by molar-refractivity contribution is 6.00. The van der Waals surface area contributed by atoms with Gasteiger partial charge in [0.1, 0.15) is 0 Å². The van der Waals surface area contributed by atoms with Crippen molar-refractivity contribution in [1.29, 1.82) is 0 Å². The van der Waals surface area contributed by atoms with Crippen molar-refractivity contribution in [3.63, 3.8) is 0 Å². The molecule has 1 amide bonds. The monoisotopic (exact) mass is 281 g/mol. The number of nitrogens with zero attached hydrogens (tertiary/aromatic N) is 1. The average Bonchev–Trinajstić information content (AvgIpc) is 2.90. The molecule has 2 N–H and O–H groups in total. The lowest BCUT2D eigenvalue weighted by Crippen LogP contribution is -2.50. The zero-order chi connectivity index (χ0) is 14.8. The van der Waals surface area contributed by atoms with Crippen LogP contribution in [0.2, 0.25) is 0 Å². The number of anilines is 1. The van der Waals surface area contributed by atoms with E-state index in [1.807, 2.05) is 6.92 Å². The first-order chi connectivity index (χ1) is 9.50. The van der Waals surface area contributed by atoms with Gasteiger partial charge in [0.05, 0.1) is 10.5 Å². The Morgan fingerprint density at radius 3 is 2.90 bits per heavy atom. The summed E-state index contributed by atoms with van der Waals surface area (Å²) in [7, 11) is 0. The van der Waals surface area contributed by atoms with Gasteiger partial charge in [-0.2, -0.15) is 0 Å². The second-order valence-corrected chi connectivity index (χ2v) is 4.81. The Labute approximate surface area is 115 Å². The van der Waals surface area contributed by atoms with E-state index in [4.69, 9.17) is 0 Å². The number of amides is 1. The van der Waals surface area contributed by atoms with E-state index in [0.717, 1.165) is 12.5 Å². The largest absolute Gasteiger partial charge is 0.316 e. The molecular formula is C13H16FN3O3. The van der Waals surface area contributed by atoms with Crippen LogP contribution in [0.4, 0.5) is 15.8 Å². The number of carbonyl (C=O) groups excluding carboxylic acids is 1. The van der Waals surface area contributed by atoms with Gasteiger partial charge in [-0.1, -0.05) is 13.0 Å². The van der Waals surface area contributed by atoms with Crippen molar-refractivity contribution < 1.29 is 14.1 Å². The number of halogens is 1. The highest BCUT2D eigenvalue weighted by Crippen LogP contribution is 2.30. The molecule has 0 radical (unpaired) electrons. The predicted molar refractivity (Wildman–Crippen MR) is 71.9 cm³/mol. The maximum Gasteiger partial charge on any atom is 0.295 e. The lowest BCUT2D eigenvalue weighted by Gasteiger charge is -2.26. The maximum absolute atomic E-state index is 13.7. The molecule has 108 valence electrons. The normalized spacial score (nSPS) is 21.7. The smallest absolute Gasteiger partial charge is 0.295 e. The minimum absolute atomic E-state index is 0.371. The molecule has 7 heteroatoms. The molecule has 6 nitrogen and oxygen atoms in total. The van der Waals surface area contributed by atoms with Gasteiger partial charge in [-0.15, -0.1) is 0 Å². The first kappa shape index (κ1) is 14.4. The molecule has 1 aliphatic heterocycles. The molecule has 0 aromatic heterocycles. The van der Waals surface area contributed by atoms with Crippen LogP contribution in [0, 0.1) is 15.9 Å². The summed E-state index contributed by atoms with van der Waals surface area (Å²) in [6.45, 7) is 2.56. The summed E-state index contributed by atoms with van der Waals surface area (Å²) in [5, 5.41) is 16.4. The number of rotatable bonds is 4. The fourth-order valence-corrected chi connectivity index (χ4v) is 2.48. The Morgan fingerprint density at radius 1 is 1.60 bits per heavy atom. The van der Waals surface area contributed by atoms with E-state index in [9.17, 15) is 19.3 Å². The lowest BCUT2D eigenvalue weighted by molar-refractivity contribution is -0.384. The predicted octanol–water partition coefficient (Wildman–Crippen LogP) is 2.20. The molecule has 1 atom stereocenters. The molecule has 0 spiro atoms. The van der Waals surface area contributed by atoms with Crippen LogP contribution in [0.1, 0.15) is 26.2 Å². The third kappa shape index (κ3) is 2.49. The summed E-state index contributed by atoms with van der Waals surface area (Å²) in [5.74, 6) is -1.23. The summed E-state index contributed by atoms with van der Waals surface area (Å²) in [5.41, 5.74) is -1.58. The zero-order valence-corrected chi connectivity index (χ0v) is 11.1. The lowest BCUT2D eigenvalue weighted by atomic mass is 9.93. The molecule has 1 aromatic rings. The van der Waals surface area contributed by atoms with Crippen LogP contribution in [-0.4, -0.2) is 22.9 Å². The van der Waals surface area contributed by atoms with Gasteiger partial charge in [0.2, 0.25) is 5.91 Å². The van der Waals surface area contributed by atoms with Gasteiger partial charge in [0, 0.05) is 6.07 Å². The summed E-state index contributed by atoms with van der Waals surface area (Å²) >= 11 is 0. The van der Waals surface area contributed by atoms with Crippen LogP contribution in [0.5, 0.6) is 0 Å². The second kappa shape index (κ2) is 5.54. The second-order valence-electron chi connectivity index (χ2n) is 4.81. The topological polar surface area (TPSA) is 84.3 Å². The van der Waals surface area contributed by atoms with Crippen LogP contribution >= 0.6 is 0 Å². The van der Waals surface area contributed by atoms with Crippen molar-refractivity contribution >= 4 is 17.3 Å².